The van der Waals surface area contributed by atoms with E-state index in [-0.39, 0.29) is 11.9 Å². The van der Waals surface area contributed by atoms with E-state index in [9.17, 15) is 9.59 Å². The molecule has 1 N–H and O–H groups in total. The van der Waals surface area contributed by atoms with Crippen molar-refractivity contribution >= 4 is 38.7 Å². The Balaban J connectivity index is 1.69. The first-order valence-electron chi connectivity index (χ1n) is 8.18. The van der Waals surface area contributed by atoms with Gasteiger partial charge in [0.25, 0.3) is 5.91 Å². The molecule has 1 aromatic carbocycles. The van der Waals surface area contributed by atoms with Crippen LogP contribution >= 0.6 is 15.9 Å². The number of rotatable bonds is 2. The van der Waals surface area contributed by atoms with Crippen LogP contribution in [0.3, 0.4) is 0 Å². The lowest BCUT2D eigenvalue weighted by Gasteiger charge is -2.27. The molecule has 1 aliphatic heterocycles. The maximum atomic E-state index is 12.8. The molecular formula is C19H16BrN3O3. The van der Waals surface area contributed by atoms with Gasteiger partial charge in [-0.05, 0) is 40.2 Å². The van der Waals surface area contributed by atoms with Gasteiger partial charge in [-0.1, -0.05) is 0 Å². The number of aromatic nitrogens is 2. The van der Waals surface area contributed by atoms with E-state index in [4.69, 9.17) is 4.74 Å². The number of amides is 1. The third-order valence-corrected chi connectivity index (χ3v) is 5.07. The van der Waals surface area contributed by atoms with Crippen LogP contribution in [0.1, 0.15) is 32.0 Å². The van der Waals surface area contributed by atoms with Gasteiger partial charge in [-0.25, -0.2) is 4.79 Å². The van der Waals surface area contributed by atoms with Crippen molar-refractivity contribution in [2.75, 3.05) is 13.7 Å². The largest absolute Gasteiger partial charge is 0.465 e. The van der Waals surface area contributed by atoms with Gasteiger partial charge in [0.1, 0.15) is 0 Å². The lowest BCUT2D eigenvalue weighted by molar-refractivity contribution is 0.0600. The number of carbonyl (C=O) groups is 2. The van der Waals surface area contributed by atoms with Crippen LogP contribution in [0.5, 0.6) is 0 Å². The second kappa shape index (κ2) is 6.57. The molecule has 7 heteroatoms. The van der Waals surface area contributed by atoms with Crippen molar-refractivity contribution in [1.29, 1.82) is 0 Å². The van der Waals surface area contributed by atoms with Crippen LogP contribution < -0.4 is 0 Å². The first-order valence-corrected chi connectivity index (χ1v) is 8.97. The second-order valence-corrected chi connectivity index (χ2v) is 7.12. The molecule has 0 aliphatic carbocycles. The molecule has 132 valence electrons. The van der Waals surface area contributed by atoms with Crippen LogP contribution in [-0.4, -0.2) is 40.4 Å². The zero-order valence-corrected chi connectivity index (χ0v) is 15.7. The van der Waals surface area contributed by atoms with Crippen molar-refractivity contribution in [2.24, 2.45) is 0 Å². The predicted octanol–water partition coefficient (Wildman–Crippen LogP) is 3.31. The number of aromatic amines is 1. The zero-order chi connectivity index (χ0) is 18.3. The highest BCUT2D eigenvalue weighted by Crippen LogP contribution is 2.29. The minimum atomic E-state index is -0.370. The third kappa shape index (κ3) is 2.88. The molecule has 2 aromatic heterocycles. The number of carbonyl (C=O) groups excluding carboxylic acids is 2. The number of halogens is 1. The average molecular weight is 414 g/mol. The Bertz CT molecular complexity index is 1030. The van der Waals surface area contributed by atoms with Gasteiger partial charge in [0, 0.05) is 58.5 Å². The SMILES string of the molecule is COC(=O)c1ccc2[nH]c3c(c2c1)CN(C(=O)c1cncc(Br)c1)CC3. The summed E-state index contributed by atoms with van der Waals surface area (Å²) in [6.07, 6.45) is 3.97. The summed E-state index contributed by atoms with van der Waals surface area (Å²) in [5.41, 5.74) is 4.17. The van der Waals surface area contributed by atoms with E-state index < -0.39 is 0 Å². The van der Waals surface area contributed by atoms with Gasteiger partial charge < -0.3 is 14.6 Å². The fourth-order valence-electron chi connectivity index (χ4n) is 3.34. The van der Waals surface area contributed by atoms with E-state index in [1.54, 1.807) is 24.5 Å². The van der Waals surface area contributed by atoms with Gasteiger partial charge in [0.05, 0.1) is 18.2 Å². The normalized spacial score (nSPS) is 13.5. The smallest absolute Gasteiger partial charge is 0.337 e. The molecule has 0 bridgehead atoms. The molecule has 3 heterocycles. The van der Waals surface area contributed by atoms with Crippen LogP contribution in [0.2, 0.25) is 0 Å². The van der Waals surface area contributed by atoms with Crippen molar-refractivity contribution in [3.63, 3.8) is 0 Å². The van der Waals surface area contributed by atoms with E-state index in [1.807, 2.05) is 17.0 Å². The molecule has 0 unspecified atom stereocenters. The Morgan fingerprint density at radius 2 is 2.08 bits per heavy atom. The first-order chi connectivity index (χ1) is 12.6. The summed E-state index contributed by atoms with van der Waals surface area (Å²) >= 11 is 3.35. The number of H-pyrrole nitrogens is 1. The molecule has 0 spiro atoms. The highest BCUT2D eigenvalue weighted by atomic mass is 79.9. The van der Waals surface area contributed by atoms with E-state index >= 15 is 0 Å². The highest BCUT2D eigenvalue weighted by Gasteiger charge is 2.25. The Morgan fingerprint density at radius 3 is 2.85 bits per heavy atom. The van der Waals surface area contributed by atoms with E-state index in [2.05, 4.69) is 25.9 Å². The Morgan fingerprint density at radius 1 is 1.23 bits per heavy atom. The number of methoxy groups -OCH3 is 1. The molecule has 0 fully saturated rings. The number of esters is 1. The van der Waals surface area contributed by atoms with Crippen LogP contribution in [0.4, 0.5) is 0 Å². The standard InChI is InChI=1S/C19H16BrN3O3/c1-26-19(25)11-2-3-16-14(7-11)15-10-23(5-4-17(15)22-16)18(24)12-6-13(20)9-21-8-12/h2-3,6-9,22H,4-5,10H2,1H3. The van der Waals surface area contributed by atoms with Crippen LogP contribution in [-0.2, 0) is 17.7 Å². The van der Waals surface area contributed by atoms with Crippen molar-refractivity contribution in [1.82, 2.24) is 14.9 Å². The quantitative estimate of drug-likeness (QED) is 0.653. The topological polar surface area (TPSA) is 75.3 Å². The molecule has 1 aliphatic rings. The lowest BCUT2D eigenvalue weighted by Crippen LogP contribution is -2.35. The molecule has 1 amide bonds. The number of benzene rings is 1. The van der Waals surface area contributed by atoms with Crippen molar-refractivity contribution in [3.05, 3.63) is 63.5 Å². The molecule has 0 radical (unpaired) electrons. The van der Waals surface area contributed by atoms with Gasteiger partial charge in [-0.3, -0.25) is 9.78 Å². The molecule has 6 nitrogen and oxygen atoms in total. The number of pyridine rings is 1. The first kappa shape index (κ1) is 16.8. The number of fused-ring (bicyclic) bond motifs is 3. The van der Waals surface area contributed by atoms with Gasteiger partial charge in [0.15, 0.2) is 0 Å². The highest BCUT2D eigenvalue weighted by molar-refractivity contribution is 9.10. The molecule has 0 saturated carbocycles. The summed E-state index contributed by atoms with van der Waals surface area (Å²) in [7, 11) is 1.37. The second-order valence-electron chi connectivity index (χ2n) is 6.20. The van der Waals surface area contributed by atoms with E-state index in [0.29, 0.717) is 24.2 Å². The molecule has 0 saturated heterocycles. The van der Waals surface area contributed by atoms with Crippen LogP contribution in [0, 0.1) is 0 Å². The number of nitrogens with zero attached hydrogens (tertiary/aromatic N) is 2. The van der Waals surface area contributed by atoms with Gasteiger partial charge in [0.2, 0.25) is 0 Å². The number of hydrogen-bond donors (Lipinski definition) is 1. The van der Waals surface area contributed by atoms with E-state index in [0.717, 1.165) is 33.1 Å². The average Bonchev–Trinajstić information content (AvgIpc) is 3.03. The predicted molar refractivity (Wildman–Crippen MR) is 100 cm³/mol. The lowest BCUT2D eigenvalue weighted by atomic mass is 10.0. The summed E-state index contributed by atoms with van der Waals surface area (Å²) in [6.45, 7) is 1.13. The summed E-state index contributed by atoms with van der Waals surface area (Å²) < 4.78 is 5.58. The number of ether oxygens (including phenoxy) is 1. The molecule has 26 heavy (non-hydrogen) atoms. The maximum absolute atomic E-state index is 12.8. The monoisotopic (exact) mass is 413 g/mol. The fraction of sp³-hybridized carbons (Fsp3) is 0.211. The van der Waals surface area contributed by atoms with Gasteiger partial charge in [-0.15, -0.1) is 0 Å². The summed E-state index contributed by atoms with van der Waals surface area (Å²) in [6, 6.07) is 7.22. The number of hydrogen-bond acceptors (Lipinski definition) is 4. The van der Waals surface area contributed by atoms with Crippen molar-refractivity contribution in [3.8, 4) is 0 Å². The summed E-state index contributed by atoms with van der Waals surface area (Å²) in [5.74, 6) is -0.422. The Kier molecular flexibility index (Phi) is 4.24. The fourth-order valence-corrected chi connectivity index (χ4v) is 3.71. The molecule has 0 atom stereocenters. The van der Waals surface area contributed by atoms with Gasteiger partial charge >= 0.3 is 5.97 Å². The molecular weight excluding hydrogens is 398 g/mol. The zero-order valence-electron chi connectivity index (χ0n) is 14.1. The minimum absolute atomic E-state index is 0.0528. The summed E-state index contributed by atoms with van der Waals surface area (Å²) in [4.78, 5) is 33.9. The van der Waals surface area contributed by atoms with Crippen LogP contribution in [0.25, 0.3) is 10.9 Å². The number of nitrogens with one attached hydrogen (secondary N) is 1. The van der Waals surface area contributed by atoms with E-state index in [1.165, 1.54) is 7.11 Å². The summed E-state index contributed by atoms with van der Waals surface area (Å²) in [5, 5.41) is 0.952. The minimum Gasteiger partial charge on any atom is -0.465 e. The Labute approximate surface area is 158 Å². The van der Waals surface area contributed by atoms with Crippen molar-refractivity contribution < 1.29 is 14.3 Å². The van der Waals surface area contributed by atoms with Gasteiger partial charge in [-0.2, -0.15) is 0 Å². The third-order valence-electron chi connectivity index (χ3n) is 4.64. The Hall–Kier alpha value is -2.67. The molecule has 3 aromatic rings. The maximum Gasteiger partial charge on any atom is 0.337 e. The molecule has 4 rings (SSSR count). The van der Waals surface area contributed by atoms with Crippen LogP contribution in [0.15, 0.2) is 41.1 Å². The van der Waals surface area contributed by atoms with Crippen molar-refractivity contribution in [2.45, 2.75) is 13.0 Å².